The highest BCUT2D eigenvalue weighted by atomic mass is 16.3. The molecule has 0 unspecified atom stereocenters. The number of aliphatic imine (C=N–C) groups is 1. The summed E-state index contributed by atoms with van der Waals surface area (Å²) in [6.07, 6.45) is 4.73. The van der Waals surface area contributed by atoms with E-state index in [-0.39, 0.29) is 11.5 Å². The molecule has 0 fully saturated rings. The molecule has 5 heteroatoms. The molecule has 0 heterocycles. The summed E-state index contributed by atoms with van der Waals surface area (Å²) in [4.78, 5) is 6.47. The molecule has 0 amide bonds. The van der Waals surface area contributed by atoms with E-state index in [0.29, 0.717) is 17.8 Å². The van der Waals surface area contributed by atoms with Gasteiger partial charge >= 0.3 is 0 Å². The van der Waals surface area contributed by atoms with E-state index < -0.39 is 0 Å². The molecule has 0 aromatic heterocycles. The molecule has 0 atom stereocenters. The smallest absolute Gasteiger partial charge is 0.128 e. The first-order valence-electron chi connectivity index (χ1n) is 6.62. The number of phenols is 2. The molecule has 5 nitrogen and oxygen atoms in total. The lowest BCUT2D eigenvalue weighted by Gasteiger charge is -2.12. The lowest BCUT2D eigenvalue weighted by Crippen LogP contribution is -2.14. The van der Waals surface area contributed by atoms with Gasteiger partial charge in [-0.3, -0.25) is 4.99 Å². The third-order valence-electron chi connectivity index (χ3n) is 2.90. The number of aromatic hydroxyl groups is 2. The molecule has 20 heavy (non-hydrogen) atoms. The number of phenolic OH excluding ortho intramolecular Hbond substituents is 2. The number of hydrogen-bond donors (Lipinski definition) is 3. The Morgan fingerprint density at radius 2 is 2.00 bits per heavy atom. The second-order valence-electron chi connectivity index (χ2n) is 4.58. The summed E-state index contributed by atoms with van der Waals surface area (Å²) in [5, 5.41) is 22.4. The molecule has 0 aliphatic heterocycles. The van der Waals surface area contributed by atoms with Crippen molar-refractivity contribution in [1.82, 2.24) is 10.2 Å². The zero-order chi connectivity index (χ0) is 15.0. The van der Waals surface area contributed by atoms with Crippen LogP contribution >= 0.6 is 0 Å². The van der Waals surface area contributed by atoms with Gasteiger partial charge in [-0.25, -0.2) is 0 Å². The minimum atomic E-state index is 0.0559. The van der Waals surface area contributed by atoms with Gasteiger partial charge < -0.3 is 20.4 Å². The molecule has 0 aliphatic rings. The third-order valence-corrected chi connectivity index (χ3v) is 2.90. The normalized spacial score (nSPS) is 11.8. The number of hydrogen-bond acceptors (Lipinski definition) is 5. The molecular weight excluding hydrogens is 254 g/mol. The molecule has 0 saturated heterocycles. The van der Waals surface area contributed by atoms with Crippen LogP contribution in [0.4, 0.5) is 0 Å². The second kappa shape index (κ2) is 8.09. The van der Waals surface area contributed by atoms with E-state index in [1.807, 2.05) is 26.5 Å². The first kappa shape index (κ1) is 15.9. The maximum atomic E-state index is 9.74. The van der Waals surface area contributed by atoms with E-state index in [1.54, 1.807) is 25.1 Å². The van der Waals surface area contributed by atoms with Crippen LogP contribution in [0.3, 0.4) is 0 Å². The topological polar surface area (TPSA) is 68.1 Å². The van der Waals surface area contributed by atoms with Crippen LogP contribution < -0.4 is 5.32 Å². The Labute approximate surface area is 120 Å². The van der Waals surface area contributed by atoms with Crippen LogP contribution in [-0.4, -0.2) is 48.0 Å². The van der Waals surface area contributed by atoms with Gasteiger partial charge in [0.05, 0.1) is 5.56 Å². The fourth-order valence-electron chi connectivity index (χ4n) is 1.82. The molecule has 0 aliphatic carbocycles. The minimum absolute atomic E-state index is 0.0559. The zero-order valence-electron chi connectivity index (χ0n) is 12.3. The van der Waals surface area contributed by atoms with Gasteiger partial charge in [-0.1, -0.05) is 6.07 Å². The average molecular weight is 277 g/mol. The fraction of sp³-hybridized carbons (Fsp3) is 0.400. The molecule has 1 aromatic carbocycles. The quantitative estimate of drug-likeness (QED) is 0.526. The van der Waals surface area contributed by atoms with Crippen LogP contribution in [0.2, 0.25) is 0 Å². The van der Waals surface area contributed by atoms with Crippen LogP contribution in [0.15, 0.2) is 35.6 Å². The summed E-state index contributed by atoms with van der Waals surface area (Å²) in [5.41, 5.74) is 1.06. The van der Waals surface area contributed by atoms with Crippen LogP contribution in [-0.2, 0) is 0 Å². The first-order valence-corrected chi connectivity index (χ1v) is 6.62. The maximum Gasteiger partial charge on any atom is 0.128 e. The minimum Gasteiger partial charge on any atom is -0.507 e. The highest BCUT2D eigenvalue weighted by molar-refractivity contribution is 6.03. The van der Waals surface area contributed by atoms with Gasteiger partial charge in [0.15, 0.2) is 0 Å². The molecule has 3 N–H and O–H groups in total. The maximum absolute atomic E-state index is 9.74. The van der Waals surface area contributed by atoms with Crippen molar-refractivity contribution < 1.29 is 10.2 Å². The van der Waals surface area contributed by atoms with E-state index in [9.17, 15) is 10.2 Å². The number of benzene rings is 1. The van der Waals surface area contributed by atoms with Crippen molar-refractivity contribution in [3.05, 3.63) is 36.2 Å². The highest BCUT2D eigenvalue weighted by Crippen LogP contribution is 2.26. The molecule has 0 radical (unpaired) electrons. The first-order chi connectivity index (χ1) is 9.56. The van der Waals surface area contributed by atoms with Gasteiger partial charge in [0.1, 0.15) is 11.5 Å². The number of nitrogens with zero attached hydrogens (tertiary/aromatic N) is 2. The molecule has 0 spiro atoms. The van der Waals surface area contributed by atoms with E-state index in [0.717, 1.165) is 13.0 Å². The Bertz CT molecular complexity index is 464. The summed E-state index contributed by atoms with van der Waals surface area (Å²) in [6.45, 7) is 3.33. The van der Waals surface area contributed by atoms with E-state index >= 15 is 0 Å². The van der Waals surface area contributed by atoms with Gasteiger partial charge in [0.25, 0.3) is 0 Å². The van der Waals surface area contributed by atoms with Gasteiger partial charge in [-0.05, 0) is 25.5 Å². The standard InChI is InChI=1S/C15H23N3O2/c1-12(15-13(19)6-4-7-14(15)20)17-8-5-10-18(3)11-9-16-2/h4,6-7,9,11,16,19-20H,5,8,10H2,1-3H3/b11-9-,17-12+. The predicted octanol–water partition coefficient (Wildman–Crippen LogP) is 1.92. The molecule has 110 valence electrons. The summed E-state index contributed by atoms with van der Waals surface area (Å²) in [7, 11) is 3.86. The predicted molar refractivity (Wildman–Crippen MR) is 82.3 cm³/mol. The number of nitrogens with one attached hydrogen (secondary N) is 1. The summed E-state index contributed by atoms with van der Waals surface area (Å²) in [5.74, 6) is 0.112. The van der Waals surface area contributed by atoms with Crippen molar-refractivity contribution in [2.24, 2.45) is 4.99 Å². The van der Waals surface area contributed by atoms with Gasteiger partial charge in [0, 0.05) is 45.3 Å². The SMILES string of the molecule is CN/C=C\N(C)CCC/N=C(\C)c1c(O)cccc1O. The Morgan fingerprint density at radius 1 is 1.35 bits per heavy atom. The summed E-state index contributed by atoms with van der Waals surface area (Å²) < 4.78 is 0. The van der Waals surface area contributed by atoms with Gasteiger partial charge in [-0.15, -0.1) is 0 Å². The van der Waals surface area contributed by atoms with Crippen LogP contribution in [0, 0.1) is 0 Å². The van der Waals surface area contributed by atoms with Crippen molar-refractivity contribution in [3.63, 3.8) is 0 Å². The van der Waals surface area contributed by atoms with Gasteiger partial charge in [0.2, 0.25) is 0 Å². The third kappa shape index (κ3) is 4.84. The Hall–Kier alpha value is -2.17. The average Bonchev–Trinajstić information content (AvgIpc) is 2.41. The van der Waals surface area contributed by atoms with E-state index in [2.05, 4.69) is 15.2 Å². The zero-order valence-corrected chi connectivity index (χ0v) is 12.3. The van der Waals surface area contributed by atoms with Crippen molar-refractivity contribution in [3.8, 4) is 11.5 Å². The molecule has 0 saturated carbocycles. The van der Waals surface area contributed by atoms with Crippen LogP contribution in [0.1, 0.15) is 18.9 Å². The van der Waals surface area contributed by atoms with Crippen molar-refractivity contribution in [1.29, 1.82) is 0 Å². The number of rotatable bonds is 7. The van der Waals surface area contributed by atoms with E-state index in [4.69, 9.17) is 0 Å². The van der Waals surface area contributed by atoms with Crippen LogP contribution in [0.25, 0.3) is 0 Å². The monoisotopic (exact) mass is 277 g/mol. The van der Waals surface area contributed by atoms with Crippen LogP contribution in [0.5, 0.6) is 11.5 Å². The highest BCUT2D eigenvalue weighted by Gasteiger charge is 2.09. The Kier molecular flexibility index (Phi) is 6.43. The summed E-state index contributed by atoms with van der Waals surface area (Å²) >= 11 is 0. The molecule has 0 bridgehead atoms. The molecule has 1 rings (SSSR count). The molecular formula is C15H23N3O2. The van der Waals surface area contributed by atoms with Crippen molar-refractivity contribution >= 4 is 5.71 Å². The molecule has 1 aromatic rings. The Morgan fingerprint density at radius 3 is 2.60 bits per heavy atom. The lowest BCUT2D eigenvalue weighted by molar-refractivity contribution is 0.444. The van der Waals surface area contributed by atoms with E-state index in [1.165, 1.54) is 0 Å². The van der Waals surface area contributed by atoms with Crippen molar-refractivity contribution in [2.45, 2.75) is 13.3 Å². The largest absolute Gasteiger partial charge is 0.507 e. The summed E-state index contributed by atoms with van der Waals surface area (Å²) in [6, 6.07) is 4.69. The Balaban J connectivity index is 2.52. The van der Waals surface area contributed by atoms with Crippen molar-refractivity contribution in [2.75, 3.05) is 27.2 Å². The van der Waals surface area contributed by atoms with Gasteiger partial charge in [-0.2, -0.15) is 0 Å². The lowest BCUT2D eigenvalue weighted by atomic mass is 10.1. The fourth-order valence-corrected chi connectivity index (χ4v) is 1.82. The second-order valence-corrected chi connectivity index (χ2v) is 4.58.